The van der Waals surface area contributed by atoms with Crippen LogP contribution in [0.2, 0.25) is 0 Å². The Labute approximate surface area is 181 Å². The van der Waals surface area contributed by atoms with Gasteiger partial charge in [0.05, 0.1) is 0 Å². The molecule has 7 heteroatoms. The van der Waals surface area contributed by atoms with Gasteiger partial charge in [0.25, 0.3) is 5.91 Å². The van der Waals surface area contributed by atoms with E-state index in [2.05, 4.69) is 23.1 Å². The van der Waals surface area contributed by atoms with Gasteiger partial charge in [0.15, 0.2) is 0 Å². The quantitative estimate of drug-likeness (QED) is 0.556. The molecule has 0 saturated heterocycles. The van der Waals surface area contributed by atoms with Crippen LogP contribution in [0.1, 0.15) is 35.2 Å². The highest BCUT2D eigenvalue weighted by molar-refractivity contribution is 6.07. The molecule has 0 saturated carbocycles. The summed E-state index contributed by atoms with van der Waals surface area (Å²) < 4.78 is 5.43. The third-order valence-electron chi connectivity index (χ3n) is 4.98. The molecule has 2 aromatic rings. The van der Waals surface area contributed by atoms with E-state index in [9.17, 15) is 14.4 Å². The lowest BCUT2D eigenvalue weighted by atomic mass is 9.91. The Balaban J connectivity index is 1.87. The van der Waals surface area contributed by atoms with E-state index in [0.717, 1.165) is 17.3 Å². The summed E-state index contributed by atoms with van der Waals surface area (Å²) in [4.78, 5) is 38.2. The molecule has 1 heterocycles. The minimum absolute atomic E-state index is 0.0227. The number of nitrogens with one attached hydrogen (secondary N) is 2. The van der Waals surface area contributed by atoms with Crippen LogP contribution >= 0.6 is 0 Å². The van der Waals surface area contributed by atoms with E-state index in [1.165, 1.54) is 6.07 Å². The Kier molecular flexibility index (Phi) is 6.41. The Bertz CT molecular complexity index is 1100. The Morgan fingerprint density at radius 3 is 2.74 bits per heavy atom. The van der Waals surface area contributed by atoms with E-state index in [0.29, 0.717) is 23.5 Å². The second-order valence-electron chi connectivity index (χ2n) is 7.22. The van der Waals surface area contributed by atoms with Gasteiger partial charge in [0, 0.05) is 42.2 Å². The maximum atomic E-state index is 12.9. The van der Waals surface area contributed by atoms with Crippen molar-refractivity contribution in [3.05, 3.63) is 60.2 Å². The molecule has 0 fully saturated rings. The smallest absolute Gasteiger partial charge is 0.255 e. The largest absolute Gasteiger partial charge is 0.481 e. The molecule has 0 aromatic heterocycles. The number of terminal acetylenes is 1. The number of carbonyl (C=O) groups is 3. The molecule has 0 radical (unpaired) electrons. The summed E-state index contributed by atoms with van der Waals surface area (Å²) in [5, 5.41) is 5.48. The van der Waals surface area contributed by atoms with Crippen LogP contribution in [-0.4, -0.2) is 31.4 Å². The van der Waals surface area contributed by atoms with Crippen LogP contribution in [0.25, 0.3) is 0 Å². The first kappa shape index (κ1) is 21.7. The number of ether oxygens (including phenoxy) is 1. The first-order chi connectivity index (χ1) is 14.8. The zero-order valence-electron chi connectivity index (χ0n) is 17.4. The first-order valence-corrected chi connectivity index (χ1v) is 9.69. The summed E-state index contributed by atoms with van der Waals surface area (Å²) in [6.07, 6.45) is 6.79. The molecule has 0 aliphatic carbocycles. The van der Waals surface area contributed by atoms with Gasteiger partial charge >= 0.3 is 0 Å². The van der Waals surface area contributed by atoms with Crippen molar-refractivity contribution >= 4 is 34.8 Å². The first-order valence-electron chi connectivity index (χ1n) is 9.69. The number of amides is 3. The Morgan fingerprint density at radius 1 is 1.26 bits per heavy atom. The van der Waals surface area contributed by atoms with E-state index < -0.39 is 5.91 Å². The molecular formula is C24H23N3O4. The van der Waals surface area contributed by atoms with Gasteiger partial charge in [-0.2, -0.15) is 0 Å². The number of nitrogens with zero attached hydrogens (tertiary/aromatic N) is 1. The predicted octanol–water partition coefficient (Wildman–Crippen LogP) is 3.55. The van der Waals surface area contributed by atoms with Gasteiger partial charge < -0.3 is 20.3 Å². The van der Waals surface area contributed by atoms with Crippen LogP contribution in [0.4, 0.5) is 17.1 Å². The average Bonchev–Trinajstić information content (AvgIpc) is 2.75. The molecule has 1 unspecified atom stereocenters. The molecule has 2 aromatic carbocycles. The number of hydrogen-bond donors (Lipinski definition) is 2. The summed E-state index contributed by atoms with van der Waals surface area (Å²) >= 11 is 0. The van der Waals surface area contributed by atoms with Gasteiger partial charge in [0.1, 0.15) is 12.4 Å². The fourth-order valence-electron chi connectivity index (χ4n) is 3.38. The summed E-state index contributed by atoms with van der Waals surface area (Å²) in [5.74, 6) is 2.03. The van der Waals surface area contributed by atoms with Gasteiger partial charge in [-0.1, -0.05) is 19.4 Å². The molecule has 1 atom stereocenters. The van der Waals surface area contributed by atoms with Crippen LogP contribution in [0, 0.1) is 12.3 Å². The summed E-state index contributed by atoms with van der Waals surface area (Å²) in [5.41, 5.74) is 3.09. The summed E-state index contributed by atoms with van der Waals surface area (Å²) in [6, 6.07) is 10.1. The lowest BCUT2D eigenvalue weighted by Crippen LogP contribution is -2.32. The molecule has 3 rings (SSSR count). The minimum Gasteiger partial charge on any atom is -0.481 e. The number of benzene rings is 2. The van der Waals surface area contributed by atoms with Crippen molar-refractivity contribution in [1.29, 1.82) is 0 Å². The van der Waals surface area contributed by atoms with Crippen LogP contribution in [0.15, 0.2) is 49.1 Å². The van der Waals surface area contributed by atoms with Gasteiger partial charge in [0.2, 0.25) is 11.8 Å². The fraction of sp³-hybridized carbons (Fsp3) is 0.208. The highest BCUT2D eigenvalue weighted by Crippen LogP contribution is 2.36. The van der Waals surface area contributed by atoms with E-state index in [1.807, 2.05) is 19.1 Å². The van der Waals surface area contributed by atoms with Crippen molar-refractivity contribution in [3.8, 4) is 18.1 Å². The van der Waals surface area contributed by atoms with E-state index in [-0.39, 0.29) is 29.9 Å². The zero-order chi connectivity index (χ0) is 22.5. The van der Waals surface area contributed by atoms with Crippen LogP contribution < -0.4 is 20.3 Å². The third-order valence-corrected chi connectivity index (χ3v) is 4.98. The van der Waals surface area contributed by atoms with E-state index in [4.69, 9.17) is 11.2 Å². The Hall–Kier alpha value is -4.05. The molecule has 1 aliphatic heterocycles. The lowest BCUT2D eigenvalue weighted by molar-refractivity contribution is -0.119. The minimum atomic E-state index is -0.414. The molecule has 31 heavy (non-hydrogen) atoms. The highest BCUT2D eigenvalue weighted by atomic mass is 16.5. The number of anilines is 3. The SMILES string of the molecule is C#CCOc1cc(NC(=O)C=C)cc(C(=O)Nc2ccc3c(c2)C(C)CC(=O)N3C)c1. The molecule has 2 N–H and O–H groups in total. The van der Waals surface area contributed by atoms with Gasteiger partial charge in [-0.25, -0.2) is 0 Å². The number of fused-ring (bicyclic) bond motifs is 1. The van der Waals surface area contributed by atoms with E-state index in [1.54, 1.807) is 30.1 Å². The molecule has 7 nitrogen and oxygen atoms in total. The van der Waals surface area contributed by atoms with E-state index >= 15 is 0 Å². The monoisotopic (exact) mass is 417 g/mol. The zero-order valence-corrected chi connectivity index (χ0v) is 17.4. The maximum Gasteiger partial charge on any atom is 0.255 e. The molecule has 0 spiro atoms. The Morgan fingerprint density at radius 2 is 2.03 bits per heavy atom. The van der Waals surface area contributed by atoms with Crippen LogP contribution in [0.3, 0.4) is 0 Å². The molecule has 158 valence electrons. The van der Waals surface area contributed by atoms with Gasteiger partial charge in [-0.3, -0.25) is 14.4 Å². The second-order valence-corrected chi connectivity index (χ2v) is 7.22. The topological polar surface area (TPSA) is 87.7 Å². The third kappa shape index (κ3) is 4.93. The molecule has 0 bridgehead atoms. The lowest BCUT2D eigenvalue weighted by Gasteiger charge is -2.30. The van der Waals surface area contributed by atoms with Crippen molar-refractivity contribution in [1.82, 2.24) is 0 Å². The fourth-order valence-corrected chi connectivity index (χ4v) is 3.38. The van der Waals surface area contributed by atoms with Crippen LogP contribution in [0.5, 0.6) is 5.75 Å². The summed E-state index contributed by atoms with van der Waals surface area (Å²) in [6.45, 7) is 5.42. The van der Waals surface area contributed by atoms with Crippen molar-refractivity contribution in [2.24, 2.45) is 0 Å². The number of hydrogen-bond acceptors (Lipinski definition) is 4. The van der Waals surface area contributed by atoms with Gasteiger partial charge in [-0.05, 0) is 47.9 Å². The maximum absolute atomic E-state index is 12.9. The number of rotatable bonds is 6. The second kappa shape index (κ2) is 9.18. The van der Waals surface area contributed by atoms with Crippen molar-refractivity contribution in [2.75, 3.05) is 29.2 Å². The average molecular weight is 417 g/mol. The van der Waals surface area contributed by atoms with Crippen LogP contribution in [-0.2, 0) is 9.59 Å². The normalized spacial score (nSPS) is 14.8. The molecule has 3 amide bonds. The standard InChI is InChI=1S/C24H23N3O4/c1-5-9-31-19-12-16(11-18(13-19)25-22(28)6-2)24(30)26-17-7-8-21-20(14-17)15(3)10-23(29)27(21)4/h1,6-8,11-15H,2,9-10H2,3-4H3,(H,25,28)(H,26,30). The number of carbonyl (C=O) groups excluding carboxylic acids is 3. The van der Waals surface area contributed by atoms with Crippen molar-refractivity contribution in [3.63, 3.8) is 0 Å². The summed E-state index contributed by atoms with van der Waals surface area (Å²) in [7, 11) is 1.74. The van der Waals surface area contributed by atoms with Crippen molar-refractivity contribution < 1.29 is 19.1 Å². The van der Waals surface area contributed by atoms with Gasteiger partial charge in [-0.15, -0.1) is 6.42 Å². The predicted molar refractivity (Wildman–Crippen MR) is 120 cm³/mol. The highest BCUT2D eigenvalue weighted by Gasteiger charge is 2.26. The van der Waals surface area contributed by atoms with Crippen molar-refractivity contribution in [2.45, 2.75) is 19.3 Å². The molecular weight excluding hydrogens is 394 g/mol. The molecule has 1 aliphatic rings.